The fourth-order valence-corrected chi connectivity index (χ4v) is 1.67. The summed E-state index contributed by atoms with van der Waals surface area (Å²) in [6.07, 6.45) is 0. The zero-order chi connectivity index (χ0) is 11.7. The first-order chi connectivity index (χ1) is 7.58. The maximum absolute atomic E-state index is 13.5. The van der Waals surface area contributed by atoms with Gasteiger partial charge in [0.2, 0.25) is 0 Å². The monoisotopic (exact) mass is 239 g/mol. The molecule has 0 radical (unpaired) electrons. The SMILES string of the molecule is Nc1ccc(F)c(-c2cc(F)ccc2Cl)c1. The molecule has 0 fully saturated rings. The van der Waals surface area contributed by atoms with Crippen LogP contribution in [0.15, 0.2) is 36.4 Å². The molecular formula is C12H8ClF2N. The number of halogens is 3. The number of rotatable bonds is 1. The van der Waals surface area contributed by atoms with Crippen LogP contribution < -0.4 is 5.73 Å². The van der Waals surface area contributed by atoms with Crippen molar-refractivity contribution in [2.24, 2.45) is 0 Å². The van der Waals surface area contributed by atoms with E-state index in [2.05, 4.69) is 0 Å². The van der Waals surface area contributed by atoms with Crippen LogP contribution in [0.25, 0.3) is 11.1 Å². The molecule has 2 N–H and O–H groups in total. The number of benzene rings is 2. The molecule has 2 aromatic carbocycles. The first kappa shape index (κ1) is 10.9. The van der Waals surface area contributed by atoms with Crippen molar-refractivity contribution in [2.75, 3.05) is 5.73 Å². The van der Waals surface area contributed by atoms with Gasteiger partial charge in [-0.1, -0.05) is 11.6 Å². The number of anilines is 1. The van der Waals surface area contributed by atoms with Gasteiger partial charge in [-0.15, -0.1) is 0 Å². The van der Waals surface area contributed by atoms with Crippen LogP contribution in [-0.4, -0.2) is 0 Å². The van der Waals surface area contributed by atoms with Crippen molar-refractivity contribution < 1.29 is 8.78 Å². The molecule has 2 rings (SSSR count). The second kappa shape index (κ2) is 4.10. The summed E-state index contributed by atoms with van der Waals surface area (Å²) in [5, 5.41) is 0.283. The van der Waals surface area contributed by atoms with Crippen LogP contribution in [0.5, 0.6) is 0 Å². The average molecular weight is 240 g/mol. The quantitative estimate of drug-likeness (QED) is 0.751. The van der Waals surface area contributed by atoms with Gasteiger partial charge >= 0.3 is 0 Å². The maximum Gasteiger partial charge on any atom is 0.131 e. The smallest absolute Gasteiger partial charge is 0.131 e. The summed E-state index contributed by atoms with van der Waals surface area (Å²) in [6, 6.07) is 7.87. The van der Waals surface area contributed by atoms with Crippen LogP contribution in [0.1, 0.15) is 0 Å². The normalized spacial score (nSPS) is 10.4. The zero-order valence-corrected chi connectivity index (χ0v) is 8.93. The molecule has 82 valence electrons. The summed E-state index contributed by atoms with van der Waals surface area (Å²) in [4.78, 5) is 0. The van der Waals surface area contributed by atoms with Gasteiger partial charge in [-0.05, 0) is 36.4 Å². The maximum atomic E-state index is 13.5. The standard InChI is InChI=1S/C12H8ClF2N/c13-11-3-1-7(14)5-9(11)10-6-8(16)2-4-12(10)15/h1-6H,16H2. The molecule has 0 amide bonds. The third-order valence-corrected chi connectivity index (χ3v) is 2.54. The van der Waals surface area contributed by atoms with Crippen LogP contribution in [0.2, 0.25) is 5.02 Å². The fourth-order valence-electron chi connectivity index (χ4n) is 1.45. The zero-order valence-electron chi connectivity index (χ0n) is 8.18. The van der Waals surface area contributed by atoms with Crippen LogP contribution >= 0.6 is 11.6 Å². The fraction of sp³-hybridized carbons (Fsp3) is 0. The Balaban J connectivity index is 2.66. The molecule has 0 aliphatic rings. The van der Waals surface area contributed by atoms with E-state index in [9.17, 15) is 8.78 Å². The van der Waals surface area contributed by atoms with Gasteiger partial charge in [0.1, 0.15) is 11.6 Å². The van der Waals surface area contributed by atoms with E-state index in [1.54, 1.807) is 0 Å². The highest BCUT2D eigenvalue weighted by Crippen LogP contribution is 2.31. The highest BCUT2D eigenvalue weighted by molar-refractivity contribution is 6.33. The summed E-state index contributed by atoms with van der Waals surface area (Å²) < 4.78 is 26.6. The molecule has 0 saturated carbocycles. The van der Waals surface area contributed by atoms with E-state index in [4.69, 9.17) is 17.3 Å². The molecule has 0 aliphatic carbocycles. The predicted octanol–water partition coefficient (Wildman–Crippen LogP) is 3.87. The summed E-state index contributed by atoms with van der Waals surface area (Å²) in [7, 11) is 0. The second-order valence-corrected chi connectivity index (χ2v) is 3.77. The van der Waals surface area contributed by atoms with Crippen LogP contribution in [0.4, 0.5) is 14.5 Å². The van der Waals surface area contributed by atoms with Gasteiger partial charge < -0.3 is 5.73 Å². The third kappa shape index (κ3) is 1.99. The Kier molecular flexibility index (Phi) is 2.79. The van der Waals surface area contributed by atoms with Gasteiger partial charge in [0.25, 0.3) is 0 Å². The molecule has 0 unspecified atom stereocenters. The Bertz CT molecular complexity index is 491. The van der Waals surface area contributed by atoms with Crippen molar-refractivity contribution in [1.29, 1.82) is 0 Å². The molecule has 0 bridgehead atoms. The Hall–Kier alpha value is -1.61. The Labute approximate surface area is 96.5 Å². The van der Waals surface area contributed by atoms with Crippen LogP contribution in [-0.2, 0) is 0 Å². The molecule has 0 saturated heterocycles. The van der Waals surface area contributed by atoms with E-state index < -0.39 is 11.6 Å². The first-order valence-corrected chi connectivity index (χ1v) is 4.96. The van der Waals surface area contributed by atoms with E-state index >= 15 is 0 Å². The minimum Gasteiger partial charge on any atom is -0.399 e. The van der Waals surface area contributed by atoms with Gasteiger partial charge in [-0.2, -0.15) is 0 Å². The lowest BCUT2D eigenvalue weighted by atomic mass is 10.0. The van der Waals surface area contributed by atoms with Crippen molar-refractivity contribution in [2.45, 2.75) is 0 Å². The second-order valence-electron chi connectivity index (χ2n) is 3.36. The van der Waals surface area contributed by atoms with Crippen molar-refractivity contribution in [3.8, 4) is 11.1 Å². The van der Waals surface area contributed by atoms with Gasteiger partial charge in [-0.25, -0.2) is 8.78 Å². The Morgan fingerprint density at radius 3 is 2.44 bits per heavy atom. The molecule has 4 heteroatoms. The molecule has 16 heavy (non-hydrogen) atoms. The third-order valence-electron chi connectivity index (χ3n) is 2.21. The van der Waals surface area contributed by atoms with Crippen molar-refractivity contribution in [1.82, 2.24) is 0 Å². The predicted molar refractivity (Wildman–Crippen MR) is 61.2 cm³/mol. The summed E-state index contributed by atoms with van der Waals surface area (Å²) in [6.45, 7) is 0. The lowest BCUT2D eigenvalue weighted by Crippen LogP contribution is -1.91. The largest absolute Gasteiger partial charge is 0.399 e. The number of hydrogen-bond donors (Lipinski definition) is 1. The lowest BCUT2D eigenvalue weighted by Gasteiger charge is -2.07. The molecule has 0 aliphatic heterocycles. The van der Waals surface area contributed by atoms with Gasteiger partial charge in [0.15, 0.2) is 0 Å². The van der Waals surface area contributed by atoms with E-state index in [0.717, 1.165) is 0 Å². The lowest BCUT2D eigenvalue weighted by molar-refractivity contribution is 0.625. The van der Waals surface area contributed by atoms with Crippen molar-refractivity contribution in [3.63, 3.8) is 0 Å². The molecule has 0 spiro atoms. The molecule has 0 atom stereocenters. The van der Waals surface area contributed by atoms with Crippen molar-refractivity contribution >= 4 is 17.3 Å². The van der Waals surface area contributed by atoms with E-state index in [1.807, 2.05) is 0 Å². The van der Waals surface area contributed by atoms with Gasteiger partial charge in [0.05, 0.1) is 0 Å². The van der Waals surface area contributed by atoms with Gasteiger partial charge in [-0.3, -0.25) is 0 Å². The highest BCUT2D eigenvalue weighted by Gasteiger charge is 2.10. The highest BCUT2D eigenvalue weighted by atomic mass is 35.5. The van der Waals surface area contributed by atoms with Crippen LogP contribution in [0.3, 0.4) is 0 Å². The summed E-state index contributed by atoms with van der Waals surface area (Å²) >= 11 is 5.88. The van der Waals surface area contributed by atoms with Crippen LogP contribution in [0, 0.1) is 11.6 Å². The van der Waals surface area contributed by atoms with E-state index in [-0.39, 0.29) is 10.6 Å². The Morgan fingerprint density at radius 2 is 1.69 bits per heavy atom. The molecule has 1 nitrogen and oxygen atoms in total. The minimum absolute atomic E-state index is 0.199. The first-order valence-electron chi connectivity index (χ1n) is 4.58. The topological polar surface area (TPSA) is 26.0 Å². The average Bonchev–Trinajstić information content (AvgIpc) is 2.25. The molecule has 0 aromatic heterocycles. The molecular weight excluding hydrogens is 232 g/mol. The van der Waals surface area contributed by atoms with Crippen molar-refractivity contribution in [3.05, 3.63) is 53.1 Å². The van der Waals surface area contributed by atoms with E-state index in [1.165, 1.54) is 36.4 Å². The van der Waals surface area contributed by atoms with Gasteiger partial charge in [0, 0.05) is 21.8 Å². The molecule has 2 aromatic rings. The summed E-state index contributed by atoms with van der Waals surface area (Å²) in [5.74, 6) is -0.956. The summed E-state index contributed by atoms with van der Waals surface area (Å²) in [5.41, 5.74) is 6.45. The molecule has 0 heterocycles. The number of nitrogen functional groups attached to an aromatic ring is 1. The van der Waals surface area contributed by atoms with E-state index in [0.29, 0.717) is 11.3 Å². The number of hydrogen-bond acceptors (Lipinski definition) is 1. The minimum atomic E-state index is -0.485. The number of nitrogens with two attached hydrogens (primary N) is 1. The Morgan fingerprint density at radius 1 is 0.938 bits per heavy atom.